The third kappa shape index (κ3) is 2.89. The lowest BCUT2D eigenvalue weighted by Crippen LogP contribution is -2.46. The minimum Gasteiger partial charge on any atom is -0.508 e. The van der Waals surface area contributed by atoms with Gasteiger partial charge >= 0.3 is 0 Å². The number of fused-ring (bicyclic) bond motifs is 1. The minimum absolute atomic E-state index is 0.301. The van der Waals surface area contributed by atoms with E-state index in [4.69, 9.17) is 0 Å². The minimum atomic E-state index is 0.301. The first-order chi connectivity index (χ1) is 11.7. The van der Waals surface area contributed by atoms with Crippen LogP contribution in [0.2, 0.25) is 0 Å². The van der Waals surface area contributed by atoms with Crippen LogP contribution in [0.1, 0.15) is 0 Å². The maximum atomic E-state index is 9.42. The van der Waals surface area contributed by atoms with Crippen molar-refractivity contribution >= 4 is 38.3 Å². The lowest BCUT2D eigenvalue weighted by molar-refractivity contribution is 0.475. The highest BCUT2D eigenvalue weighted by molar-refractivity contribution is 9.10. The standard InChI is InChI=1S/C18H17BrN4O/c19-13-1-6-17-16(11-13)18(21-12-20-17)23-9-7-22(8-10-23)14-2-4-15(24)5-3-14/h1-6,11-12,24H,7-10H2. The summed E-state index contributed by atoms with van der Waals surface area (Å²) in [5, 5.41) is 10.5. The molecule has 0 aliphatic carbocycles. The summed E-state index contributed by atoms with van der Waals surface area (Å²) in [5.74, 6) is 1.29. The monoisotopic (exact) mass is 384 g/mol. The average Bonchev–Trinajstić information content (AvgIpc) is 2.62. The van der Waals surface area contributed by atoms with Gasteiger partial charge in [0, 0.05) is 41.7 Å². The van der Waals surface area contributed by atoms with Gasteiger partial charge in [-0.05, 0) is 42.5 Å². The van der Waals surface area contributed by atoms with Gasteiger partial charge in [-0.15, -0.1) is 0 Å². The molecule has 0 saturated carbocycles. The Labute approximate surface area is 148 Å². The highest BCUT2D eigenvalue weighted by Gasteiger charge is 2.20. The number of piperazine rings is 1. The molecule has 0 atom stereocenters. The molecule has 122 valence electrons. The van der Waals surface area contributed by atoms with E-state index in [9.17, 15) is 5.11 Å². The van der Waals surface area contributed by atoms with Crippen molar-refractivity contribution in [3.8, 4) is 5.75 Å². The number of phenolic OH excluding ortho intramolecular Hbond substituents is 1. The molecule has 0 amide bonds. The van der Waals surface area contributed by atoms with Gasteiger partial charge in [0.1, 0.15) is 17.9 Å². The van der Waals surface area contributed by atoms with Crippen molar-refractivity contribution in [2.24, 2.45) is 0 Å². The molecule has 6 heteroatoms. The van der Waals surface area contributed by atoms with Crippen molar-refractivity contribution < 1.29 is 5.11 Å². The van der Waals surface area contributed by atoms with Crippen molar-refractivity contribution in [3.63, 3.8) is 0 Å². The Kier molecular flexibility index (Phi) is 3.98. The van der Waals surface area contributed by atoms with Crippen LogP contribution in [0.15, 0.2) is 53.3 Å². The molecule has 2 heterocycles. The summed E-state index contributed by atoms with van der Waals surface area (Å²) in [6.07, 6.45) is 1.64. The second-order valence-corrected chi connectivity index (χ2v) is 6.76. The zero-order valence-corrected chi connectivity index (χ0v) is 14.6. The van der Waals surface area contributed by atoms with Crippen LogP contribution >= 0.6 is 15.9 Å². The van der Waals surface area contributed by atoms with Gasteiger partial charge in [0.05, 0.1) is 5.52 Å². The Morgan fingerprint density at radius 1 is 0.875 bits per heavy atom. The fourth-order valence-corrected chi connectivity index (χ4v) is 3.47. The first-order valence-corrected chi connectivity index (χ1v) is 8.69. The zero-order chi connectivity index (χ0) is 16.5. The van der Waals surface area contributed by atoms with Gasteiger partial charge in [-0.3, -0.25) is 0 Å². The largest absolute Gasteiger partial charge is 0.508 e. The SMILES string of the molecule is Oc1ccc(N2CCN(c3ncnc4ccc(Br)cc34)CC2)cc1. The lowest BCUT2D eigenvalue weighted by atomic mass is 10.2. The Morgan fingerprint density at radius 3 is 2.33 bits per heavy atom. The maximum Gasteiger partial charge on any atom is 0.140 e. The summed E-state index contributed by atoms with van der Waals surface area (Å²) in [7, 11) is 0. The smallest absolute Gasteiger partial charge is 0.140 e. The second kappa shape index (κ2) is 6.28. The summed E-state index contributed by atoms with van der Waals surface area (Å²) in [4.78, 5) is 13.5. The number of rotatable bonds is 2. The van der Waals surface area contributed by atoms with E-state index in [0.29, 0.717) is 5.75 Å². The molecule has 1 aliphatic rings. The summed E-state index contributed by atoms with van der Waals surface area (Å²) in [6.45, 7) is 3.65. The lowest BCUT2D eigenvalue weighted by Gasteiger charge is -2.37. The molecule has 4 rings (SSSR count). The maximum absolute atomic E-state index is 9.42. The highest BCUT2D eigenvalue weighted by atomic mass is 79.9. The van der Waals surface area contributed by atoms with E-state index >= 15 is 0 Å². The first kappa shape index (κ1) is 15.2. The number of aromatic hydroxyl groups is 1. The summed E-state index contributed by atoms with van der Waals surface area (Å²) in [5.41, 5.74) is 2.10. The van der Waals surface area contributed by atoms with Crippen molar-refractivity contribution in [1.82, 2.24) is 9.97 Å². The van der Waals surface area contributed by atoms with E-state index in [1.807, 2.05) is 24.3 Å². The number of nitrogens with zero attached hydrogens (tertiary/aromatic N) is 4. The van der Waals surface area contributed by atoms with E-state index < -0.39 is 0 Å². The summed E-state index contributed by atoms with van der Waals surface area (Å²) < 4.78 is 1.04. The first-order valence-electron chi connectivity index (χ1n) is 7.90. The molecular formula is C18H17BrN4O. The normalized spacial score (nSPS) is 15.0. The number of benzene rings is 2. The number of anilines is 2. The van der Waals surface area contributed by atoms with Crippen LogP contribution in [-0.2, 0) is 0 Å². The van der Waals surface area contributed by atoms with Gasteiger partial charge in [0.2, 0.25) is 0 Å². The molecule has 24 heavy (non-hydrogen) atoms. The number of phenols is 1. The molecule has 5 nitrogen and oxygen atoms in total. The van der Waals surface area contributed by atoms with Crippen molar-refractivity contribution in [3.05, 3.63) is 53.3 Å². The van der Waals surface area contributed by atoms with Crippen LogP contribution in [0.3, 0.4) is 0 Å². The predicted molar refractivity (Wildman–Crippen MR) is 99.8 cm³/mol. The molecule has 0 bridgehead atoms. The van der Waals surface area contributed by atoms with Crippen molar-refractivity contribution in [1.29, 1.82) is 0 Å². The second-order valence-electron chi connectivity index (χ2n) is 5.85. The molecule has 1 fully saturated rings. The Bertz CT molecular complexity index is 861. The van der Waals surface area contributed by atoms with Crippen LogP contribution in [0, 0.1) is 0 Å². The molecule has 1 saturated heterocycles. The summed E-state index contributed by atoms with van der Waals surface area (Å²) >= 11 is 3.53. The fraction of sp³-hybridized carbons (Fsp3) is 0.222. The van der Waals surface area contributed by atoms with Gasteiger partial charge in [-0.25, -0.2) is 9.97 Å². The van der Waals surface area contributed by atoms with E-state index in [-0.39, 0.29) is 0 Å². The van der Waals surface area contributed by atoms with E-state index in [2.05, 4.69) is 41.8 Å². The molecular weight excluding hydrogens is 368 g/mol. The van der Waals surface area contributed by atoms with Crippen LogP contribution in [0.25, 0.3) is 10.9 Å². The Hall–Kier alpha value is -2.34. The van der Waals surface area contributed by atoms with Gasteiger partial charge < -0.3 is 14.9 Å². The van der Waals surface area contributed by atoms with Gasteiger partial charge in [0.25, 0.3) is 0 Å². The van der Waals surface area contributed by atoms with Gasteiger partial charge in [0.15, 0.2) is 0 Å². The molecule has 0 unspecified atom stereocenters. The molecule has 0 spiro atoms. The zero-order valence-electron chi connectivity index (χ0n) is 13.1. The fourth-order valence-electron chi connectivity index (χ4n) is 3.11. The average molecular weight is 385 g/mol. The number of aromatic nitrogens is 2. The predicted octanol–water partition coefficient (Wildman–Crippen LogP) is 3.42. The molecule has 1 N–H and O–H groups in total. The van der Waals surface area contributed by atoms with Crippen LogP contribution in [0.5, 0.6) is 5.75 Å². The third-order valence-corrected chi connectivity index (χ3v) is 4.86. The molecule has 3 aromatic rings. The van der Waals surface area contributed by atoms with Crippen LogP contribution in [-0.4, -0.2) is 41.3 Å². The van der Waals surface area contributed by atoms with Gasteiger partial charge in [-0.1, -0.05) is 15.9 Å². The van der Waals surface area contributed by atoms with Crippen molar-refractivity contribution in [2.45, 2.75) is 0 Å². The van der Waals surface area contributed by atoms with E-state index in [1.54, 1.807) is 18.5 Å². The van der Waals surface area contributed by atoms with Crippen molar-refractivity contribution in [2.75, 3.05) is 36.0 Å². The number of hydrogen-bond acceptors (Lipinski definition) is 5. The number of halogens is 1. The van der Waals surface area contributed by atoms with Gasteiger partial charge in [-0.2, -0.15) is 0 Å². The molecule has 1 aromatic heterocycles. The van der Waals surface area contributed by atoms with Crippen LogP contribution < -0.4 is 9.80 Å². The van der Waals surface area contributed by atoms with E-state index in [1.165, 1.54) is 0 Å². The quantitative estimate of drug-likeness (QED) is 0.733. The Balaban J connectivity index is 1.56. The molecule has 1 aliphatic heterocycles. The third-order valence-electron chi connectivity index (χ3n) is 4.37. The molecule has 0 radical (unpaired) electrons. The molecule has 2 aromatic carbocycles. The van der Waals surface area contributed by atoms with E-state index in [0.717, 1.165) is 53.1 Å². The Morgan fingerprint density at radius 2 is 1.58 bits per heavy atom. The topological polar surface area (TPSA) is 52.5 Å². The summed E-state index contributed by atoms with van der Waals surface area (Å²) in [6, 6.07) is 13.5. The number of hydrogen-bond donors (Lipinski definition) is 1. The van der Waals surface area contributed by atoms with Crippen LogP contribution in [0.4, 0.5) is 11.5 Å². The highest BCUT2D eigenvalue weighted by Crippen LogP contribution is 2.28.